The van der Waals surface area contributed by atoms with Crippen molar-refractivity contribution in [3.05, 3.63) is 121 Å². The number of hydrogen-bond donors (Lipinski definition) is 3. The molecule has 258 valence electrons. The second kappa shape index (κ2) is 11.1. The average Bonchev–Trinajstić information content (AvgIpc) is 3.96. The molecule has 5 aromatic rings. The summed E-state index contributed by atoms with van der Waals surface area (Å²) in [4.78, 5) is 34.5. The number of ether oxygens (including phenoxy) is 1. The Kier molecular flexibility index (Phi) is 6.64. The third-order valence-electron chi connectivity index (χ3n) is 11.4. The molecule has 1 amide bonds. The summed E-state index contributed by atoms with van der Waals surface area (Å²) in [5.41, 5.74) is 5.44. The van der Waals surface area contributed by atoms with Gasteiger partial charge in [0.1, 0.15) is 23.2 Å². The number of pyridine rings is 1. The minimum atomic E-state index is -0.690. The number of carbonyl (C=O) groups excluding carboxylic acids is 1. The van der Waals surface area contributed by atoms with Gasteiger partial charge in [0.25, 0.3) is 5.91 Å². The molecule has 1 spiro atoms. The summed E-state index contributed by atoms with van der Waals surface area (Å²) in [7, 11) is 1.56. The van der Waals surface area contributed by atoms with Crippen LogP contribution in [0.15, 0.2) is 80.9 Å². The molecule has 4 aliphatic heterocycles. The second-order valence-electron chi connectivity index (χ2n) is 14.1. The molecule has 2 bridgehead atoms. The van der Waals surface area contributed by atoms with Crippen molar-refractivity contribution in [2.24, 2.45) is 5.92 Å². The van der Waals surface area contributed by atoms with E-state index in [1.54, 1.807) is 31.5 Å². The van der Waals surface area contributed by atoms with Crippen molar-refractivity contribution in [1.82, 2.24) is 25.4 Å². The number of fused-ring (bicyclic) bond motifs is 2. The maximum atomic E-state index is 14.6. The molecule has 1 unspecified atom stereocenters. The van der Waals surface area contributed by atoms with Gasteiger partial charge in [0.2, 0.25) is 5.89 Å². The molecule has 2 aliphatic carbocycles. The third kappa shape index (κ3) is 4.56. The molecule has 7 heterocycles. The first-order chi connectivity index (χ1) is 24.8. The van der Waals surface area contributed by atoms with Gasteiger partial charge in [-0.25, -0.2) is 23.7 Å². The van der Waals surface area contributed by atoms with Crippen LogP contribution in [0.2, 0.25) is 0 Å². The van der Waals surface area contributed by atoms with E-state index >= 15 is 0 Å². The summed E-state index contributed by atoms with van der Waals surface area (Å²) in [6, 6.07) is 13.3. The molecule has 2 aromatic carbocycles. The number of aryl methyl sites for hydroxylation is 1. The first-order valence-corrected chi connectivity index (χ1v) is 18.0. The largest absolute Gasteiger partial charge is 0.496 e. The molecule has 3 fully saturated rings. The lowest BCUT2D eigenvalue weighted by Gasteiger charge is -2.42. The van der Waals surface area contributed by atoms with E-state index < -0.39 is 11.7 Å². The van der Waals surface area contributed by atoms with Crippen LogP contribution in [0, 0.1) is 17.6 Å². The van der Waals surface area contributed by atoms with E-state index in [0.717, 1.165) is 75.3 Å². The normalized spacial score (nSPS) is 24.5. The van der Waals surface area contributed by atoms with E-state index in [1.165, 1.54) is 29.5 Å². The van der Waals surface area contributed by atoms with Gasteiger partial charge in [0.15, 0.2) is 0 Å². The topological polar surface area (TPSA) is 125 Å². The number of aromatic nitrogens is 3. The highest BCUT2D eigenvalue weighted by Crippen LogP contribution is 2.62. The predicted octanol–water partition coefficient (Wildman–Crippen LogP) is 6.35. The monoisotopic (exact) mass is 706 g/mol. The maximum Gasteiger partial charge on any atom is 0.434 e. The summed E-state index contributed by atoms with van der Waals surface area (Å²) in [5, 5.41) is 14.9. The van der Waals surface area contributed by atoms with Crippen LogP contribution in [0.25, 0.3) is 15.7 Å². The summed E-state index contributed by atoms with van der Waals surface area (Å²) in [5.74, 6) is -0.103. The van der Waals surface area contributed by atoms with Crippen LogP contribution >= 0.6 is 11.3 Å². The fraction of sp³-hybridized carbons (Fsp3) is 0.316. The number of rotatable bonds is 8. The number of methoxy groups -OCH3 is 1. The van der Waals surface area contributed by atoms with Crippen molar-refractivity contribution in [3.63, 3.8) is 0 Å². The number of thiophene rings is 1. The zero-order valence-corrected chi connectivity index (χ0v) is 28.3. The minimum Gasteiger partial charge on any atom is -0.496 e. The van der Waals surface area contributed by atoms with Crippen LogP contribution in [0.4, 0.5) is 14.6 Å². The lowest BCUT2D eigenvalue weighted by Crippen LogP contribution is -2.48. The van der Waals surface area contributed by atoms with Gasteiger partial charge >= 0.3 is 5.76 Å². The lowest BCUT2D eigenvalue weighted by atomic mass is 9.69. The molecule has 2 atom stereocenters. The van der Waals surface area contributed by atoms with E-state index in [9.17, 15) is 18.4 Å². The fourth-order valence-corrected chi connectivity index (χ4v) is 10.4. The van der Waals surface area contributed by atoms with E-state index in [0.29, 0.717) is 41.5 Å². The number of aromatic amines is 1. The van der Waals surface area contributed by atoms with E-state index in [-0.39, 0.29) is 35.0 Å². The van der Waals surface area contributed by atoms with Crippen LogP contribution in [0.3, 0.4) is 0 Å². The number of halogens is 2. The van der Waals surface area contributed by atoms with Crippen LogP contribution in [0.1, 0.15) is 65.1 Å². The highest BCUT2D eigenvalue weighted by atomic mass is 32.1. The van der Waals surface area contributed by atoms with Crippen LogP contribution in [-0.2, 0) is 17.6 Å². The SMILES string of the molecule is COc1cc(F)cc2c1CC[C@H]2Nc1nccc2cc(C3C4=C(NC(CCc5ccc(F)cc5)=C3c3n[nH]c(=O)o3)C35CC(CN3C4=O)C5)sc12. The van der Waals surface area contributed by atoms with Crippen LogP contribution in [0.5, 0.6) is 5.75 Å². The number of carbonyl (C=O) groups is 1. The van der Waals surface area contributed by atoms with Crippen molar-refractivity contribution in [2.45, 2.75) is 56.0 Å². The first kappa shape index (κ1) is 30.5. The molecule has 0 radical (unpaired) electrons. The zero-order chi connectivity index (χ0) is 34.6. The number of hydrogen-bond acceptors (Lipinski definition) is 9. The zero-order valence-electron chi connectivity index (χ0n) is 27.5. The molecule has 13 heteroatoms. The third-order valence-corrected chi connectivity index (χ3v) is 12.6. The van der Waals surface area contributed by atoms with E-state index in [2.05, 4.69) is 26.9 Å². The van der Waals surface area contributed by atoms with Gasteiger partial charge in [-0.15, -0.1) is 16.4 Å². The van der Waals surface area contributed by atoms with Gasteiger partial charge in [0.05, 0.1) is 40.6 Å². The molecule has 3 aromatic heterocycles. The first-order valence-electron chi connectivity index (χ1n) is 17.2. The summed E-state index contributed by atoms with van der Waals surface area (Å²) in [6.45, 7) is 0.719. The maximum absolute atomic E-state index is 14.6. The van der Waals surface area contributed by atoms with Crippen molar-refractivity contribution in [1.29, 1.82) is 0 Å². The van der Waals surface area contributed by atoms with E-state index in [1.807, 2.05) is 11.0 Å². The number of benzene rings is 2. The van der Waals surface area contributed by atoms with Gasteiger partial charge < -0.3 is 24.7 Å². The standard InChI is InChI=1S/C38H32F2N6O4S/c1-49-27-14-22(40)13-24-23(27)7-9-25(24)43-34-32-20(10-11-41-34)12-28(51-32)30-29(35-44-45-37(48)50-35)26(8-4-18-2-5-21(39)6-3-18)42-33-31(30)36(47)46-17-19-15-38(33,46)16-19/h2-3,5-6,10-14,19,25,30,42H,4,7-9,15-17H2,1H3,(H,41,43)(H,45,48)/t19?,25-,30?,38?/m1/s1. The number of allylic oxidation sites excluding steroid dienone is 2. The van der Waals surface area contributed by atoms with Gasteiger partial charge in [-0.2, -0.15) is 0 Å². The number of nitrogens with zero attached hydrogens (tertiary/aromatic N) is 3. The number of nitrogens with one attached hydrogen (secondary N) is 3. The molecular weight excluding hydrogens is 675 g/mol. The highest BCUT2D eigenvalue weighted by molar-refractivity contribution is 7.19. The number of dihydropyridines is 1. The second-order valence-corrected chi connectivity index (χ2v) is 15.2. The van der Waals surface area contributed by atoms with Gasteiger partial charge in [0, 0.05) is 35.0 Å². The molecule has 6 aliphatic rings. The Balaban J connectivity index is 1.10. The van der Waals surface area contributed by atoms with Crippen LogP contribution in [-0.4, -0.2) is 45.2 Å². The molecule has 11 rings (SSSR count). The lowest BCUT2D eigenvalue weighted by molar-refractivity contribution is -0.127. The van der Waals surface area contributed by atoms with Crippen LogP contribution < -0.4 is 21.1 Å². The van der Waals surface area contributed by atoms with Crippen molar-refractivity contribution in [2.75, 3.05) is 19.0 Å². The Morgan fingerprint density at radius 1 is 1.08 bits per heavy atom. The summed E-state index contributed by atoms with van der Waals surface area (Å²) in [6.07, 6.45) is 6.17. The highest BCUT2D eigenvalue weighted by Gasteiger charge is 2.66. The quantitative estimate of drug-likeness (QED) is 0.171. The average molecular weight is 707 g/mol. The Labute approximate surface area is 294 Å². The van der Waals surface area contributed by atoms with E-state index in [4.69, 9.17) is 14.1 Å². The molecule has 10 nitrogen and oxygen atoms in total. The number of anilines is 1. The molecule has 3 N–H and O–H groups in total. The Morgan fingerprint density at radius 3 is 2.71 bits per heavy atom. The van der Waals surface area contributed by atoms with Crippen molar-refractivity contribution < 1.29 is 22.7 Å². The number of H-pyrrole nitrogens is 1. The summed E-state index contributed by atoms with van der Waals surface area (Å²) >= 11 is 1.53. The molecule has 51 heavy (non-hydrogen) atoms. The van der Waals surface area contributed by atoms with Gasteiger partial charge in [-0.3, -0.25) is 4.79 Å². The Bertz CT molecular complexity index is 2410. The smallest absolute Gasteiger partial charge is 0.434 e. The van der Waals surface area contributed by atoms with Crippen molar-refractivity contribution >= 4 is 38.7 Å². The number of amides is 1. The predicted molar refractivity (Wildman–Crippen MR) is 186 cm³/mol. The van der Waals surface area contributed by atoms with Crippen molar-refractivity contribution in [3.8, 4) is 5.75 Å². The molecule has 2 saturated heterocycles. The summed E-state index contributed by atoms with van der Waals surface area (Å²) < 4.78 is 40.4. The Morgan fingerprint density at radius 2 is 1.92 bits per heavy atom. The minimum absolute atomic E-state index is 0.0112. The van der Waals surface area contributed by atoms with Gasteiger partial charge in [-0.05, 0) is 96.9 Å². The molecule has 1 saturated carbocycles. The molecular formula is C38H32F2N6O4S. The fourth-order valence-electron chi connectivity index (χ4n) is 9.17. The Hall–Kier alpha value is -5.30. The van der Waals surface area contributed by atoms with Gasteiger partial charge in [-0.1, -0.05) is 12.1 Å².